The number of nitrogens with zero attached hydrogens (tertiary/aromatic N) is 4. The van der Waals surface area contributed by atoms with Crippen molar-refractivity contribution in [2.24, 2.45) is 22.0 Å². The number of para-hydroxylation sites is 2. The molecule has 182 valence electrons. The van der Waals surface area contributed by atoms with Crippen LogP contribution >= 0.6 is 0 Å². The number of hydrogen-bond acceptors (Lipinski definition) is 6. The summed E-state index contributed by atoms with van der Waals surface area (Å²) in [6.45, 7) is 3.60. The molecule has 2 aliphatic heterocycles. The first-order valence-corrected chi connectivity index (χ1v) is 11.7. The number of phenols is 1. The Kier molecular flexibility index (Phi) is 6.01. The number of phenolic OH excluding ortho intramolecular Hbond substituents is 1. The summed E-state index contributed by atoms with van der Waals surface area (Å²) in [5.41, 5.74) is 3.09. The van der Waals surface area contributed by atoms with Crippen LogP contribution in [0.3, 0.4) is 0 Å². The number of amides is 2. The third kappa shape index (κ3) is 3.90. The van der Waals surface area contributed by atoms with E-state index in [0.717, 1.165) is 0 Å². The van der Waals surface area contributed by atoms with Crippen molar-refractivity contribution in [1.29, 1.82) is 0 Å². The van der Waals surface area contributed by atoms with Crippen molar-refractivity contribution >= 4 is 34.6 Å². The van der Waals surface area contributed by atoms with E-state index in [2.05, 4.69) is 10.2 Å². The first kappa shape index (κ1) is 23.3. The summed E-state index contributed by atoms with van der Waals surface area (Å²) in [5, 5.41) is 22.0. The monoisotopic (exact) mass is 482 g/mol. The molecule has 8 heteroatoms. The van der Waals surface area contributed by atoms with Crippen LogP contribution in [0.2, 0.25) is 0 Å². The van der Waals surface area contributed by atoms with Crippen LogP contribution in [0.1, 0.15) is 25.3 Å². The van der Waals surface area contributed by atoms with Crippen LogP contribution in [-0.4, -0.2) is 35.5 Å². The quantitative estimate of drug-likeness (QED) is 0.557. The molecule has 8 nitrogen and oxygen atoms in total. The number of aromatic hydroxyl groups is 1. The van der Waals surface area contributed by atoms with Gasteiger partial charge >= 0.3 is 0 Å². The Morgan fingerprint density at radius 3 is 1.69 bits per heavy atom. The maximum Gasteiger partial charge on any atom is 0.256 e. The molecule has 2 heterocycles. The third-order valence-electron chi connectivity index (χ3n) is 6.66. The zero-order valence-corrected chi connectivity index (χ0v) is 20.2. The van der Waals surface area contributed by atoms with E-state index < -0.39 is 17.8 Å². The van der Waals surface area contributed by atoms with Gasteiger partial charge in [-0.15, -0.1) is 0 Å². The highest BCUT2D eigenvalue weighted by Crippen LogP contribution is 2.45. The molecular weight excluding hydrogens is 456 g/mol. The number of carbonyl (C=O) groups is 2. The zero-order chi connectivity index (χ0) is 25.4. The fraction of sp³-hybridized carbons (Fsp3) is 0.214. The second-order valence-corrected chi connectivity index (χ2v) is 8.86. The van der Waals surface area contributed by atoms with Crippen LogP contribution in [0.4, 0.5) is 11.4 Å². The molecule has 3 aromatic carbocycles. The highest BCUT2D eigenvalue weighted by atomic mass is 16.5. The largest absolute Gasteiger partial charge is 0.508 e. The number of methoxy groups -OCH3 is 1. The van der Waals surface area contributed by atoms with Crippen LogP contribution in [0, 0.1) is 11.8 Å². The molecule has 0 saturated carbocycles. The minimum Gasteiger partial charge on any atom is -0.508 e. The summed E-state index contributed by atoms with van der Waals surface area (Å²) >= 11 is 0. The Balaban J connectivity index is 1.62. The van der Waals surface area contributed by atoms with Gasteiger partial charge in [-0.05, 0) is 49.7 Å². The van der Waals surface area contributed by atoms with E-state index in [4.69, 9.17) is 4.74 Å². The van der Waals surface area contributed by atoms with Gasteiger partial charge in [-0.3, -0.25) is 9.59 Å². The van der Waals surface area contributed by atoms with Gasteiger partial charge in [-0.2, -0.15) is 10.2 Å². The van der Waals surface area contributed by atoms with E-state index >= 15 is 0 Å². The van der Waals surface area contributed by atoms with Gasteiger partial charge < -0.3 is 9.84 Å². The molecule has 5 rings (SSSR count). The lowest BCUT2D eigenvalue weighted by Crippen LogP contribution is -2.40. The lowest BCUT2D eigenvalue weighted by Gasteiger charge is -2.29. The number of carbonyl (C=O) groups excluding carboxylic acids is 2. The topological polar surface area (TPSA) is 94.8 Å². The minimum absolute atomic E-state index is 0.0254. The van der Waals surface area contributed by atoms with E-state index in [-0.39, 0.29) is 17.6 Å². The van der Waals surface area contributed by atoms with E-state index in [1.165, 1.54) is 29.3 Å². The van der Waals surface area contributed by atoms with E-state index in [9.17, 15) is 14.7 Å². The third-order valence-corrected chi connectivity index (χ3v) is 6.66. The van der Waals surface area contributed by atoms with Crippen LogP contribution in [0.5, 0.6) is 11.5 Å². The average molecular weight is 483 g/mol. The first-order chi connectivity index (χ1) is 17.4. The SMILES string of the molecule is COc1cc(O)ccc1C([C@@H]1C(=O)N(c2ccccc2)N=C1C)[C@@H]1C(=O)N(c2ccccc2)N=C1C. The van der Waals surface area contributed by atoms with Gasteiger partial charge in [0.2, 0.25) is 0 Å². The van der Waals surface area contributed by atoms with Crippen molar-refractivity contribution in [1.82, 2.24) is 0 Å². The van der Waals surface area contributed by atoms with Gasteiger partial charge in [0.25, 0.3) is 11.8 Å². The molecule has 3 aromatic rings. The van der Waals surface area contributed by atoms with Crippen LogP contribution in [-0.2, 0) is 9.59 Å². The molecule has 0 fully saturated rings. The van der Waals surface area contributed by atoms with Gasteiger partial charge in [-0.1, -0.05) is 42.5 Å². The second kappa shape index (κ2) is 9.30. The van der Waals surface area contributed by atoms with Crippen molar-refractivity contribution in [3.63, 3.8) is 0 Å². The zero-order valence-electron chi connectivity index (χ0n) is 20.2. The molecule has 2 amide bonds. The highest BCUT2D eigenvalue weighted by Gasteiger charge is 2.50. The lowest BCUT2D eigenvalue weighted by molar-refractivity contribution is -0.122. The Bertz CT molecular complexity index is 1290. The molecule has 2 aliphatic rings. The fourth-order valence-corrected chi connectivity index (χ4v) is 5.02. The Morgan fingerprint density at radius 1 is 0.778 bits per heavy atom. The van der Waals surface area contributed by atoms with Crippen molar-refractivity contribution in [2.45, 2.75) is 19.8 Å². The molecule has 0 saturated heterocycles. The maximum atomic E-state index is 13.9. The summed E-state index contributed by atoms with van der Waals surface area (Å²) < 4.78 is 5.60. The standard InChI is InChI=1S/C28H26N4O4/c1-17-24(27(34)31(29-17)19-10-6-4-7-11-19)26(22-15-14-21(33)16-23(22)36-3)25-18(2)30-32(28(25)35)20-12-8-5-9-13-20/h4-16,24-26,33H,1-3H3/t24-,25-/m1/s1. The van der Waals surface area contributed by atoms with Crippen LogP contribution in [0.25, 0.3) is 0 Å². The van der Waals surface area contributed by atoms with Crippen molar-refractivity contribution in [2.75, 3.05) is 17.1 Å². The van der Waals surface area contributed by atoms with Crippen LogP contribution in [0.15, 0.2) is 89.1 Å². The molecule has 0 spiro atoms. The normalized spacial score (nSPS) is 19.7. The second-order valence-electron chi connectivity index (χ2n) is 8.86. The van der Waals surface area contributed by atoms with Crippen molar-refractivity contribution < 1.29 is 19.4 Å². The summed E-state index contributed by atoms with van der Waals surface area (Å²) in [6.07, 6.45) is 0. The molecule has 2 atom stereocenters. The Hall–Kier alpha value is -4.46. The van der Waals surface area contributed by atoms with Gasteiger partial charge in [0.15, 0.2) is 0 Å². The van der Waals surface area contributed by atoms with Gasteiger partial charge in [0.05, 0.1) is 30.3 Å². The molecule has 36 heavy (non-hydrogen) atoms. The molecule has 0 aliphatic carbocycles. The smallest absolute Gasteiger partial charge is 0.256 e. The predicted octanol–water partition coefficient (Wildman–Crippen LogP) is 4.56. The minimum atomic E-state index is -0.738. The average Bonchev–Trinajstić information content (AvgIpc) is 3.36. The highest BCUT2D eigenvalue weighted by molar-refractivity contribution is 6.19. The molecular formula is C28H26N4O4. The number of rotatable bonds is 6. The number of ether oxygens (including phenoxy) is 1. The number of hydrogen-bond donors (Lipinski definition) is 1. The molecule has 1 N–H and O–H groups in total. The molecule has 0 bridgehead atoms. The fourth-order valence-electron chi connectivity index (χ4n) is 5.02. The Morgan fingerprint density at radius 2 is 1.25 bits per heavy atom. The summed E-state index contributed by atoms with van der Waals surface area (Å²) in [5.74, 6) is -2.20. The number of anilines is 2. The molecule has 0 radical (unpaired) electrons. The molecule has 0 unspecified atom stereocenters. The Labute approximate surface area is 209 Å². The number of benzene rings is 3. The van der Waals surface area contributed by atoms with Crippen molar-refractivity contribution in [3.8, 4) is 11.5 Å². The van der Waals surface area contributed by atoms with Crippen molar-refractivity contribution in [3.05, 3.63) is 84.4 Å². The summed E-state index contributed by atoms with van der Waals surface area (Å²) in [6, 6.07) is 23.1. The predicted molar refractivity (Wildman–Crippen MR) is 138 cm³/mol. The maximum absolute atomic E-state index is 13.9. The first-order valence-electron chi connectivity index (χ1n) is 11.7. The summed E-state index contributed by atoms with van der Waals surface area (Å²) in [7, 11) is 1.50. The van der Waals surface area contributed by atoms with Crippen LogP contribution < -0.4 is 14.8 Å². The molecule has 0 aromatic heterocycles. The van der Waals surface area contributed by atoms with E-state index in [1.54, 1.807) is 19.9 Å². The van der Waals surface area contributed by atoms with Gasteiger partial charge in [0, 0.05) is 23.4 Å². The lowest BCUT2D eigenvalue weighted by atomic mass is 9.72. The van der Waals surface area contributed by atoms with E-state index in [1.807, 2.05) is 60.7 Å². The number of hydrazone groups is 2. The van der Waals surface area contributed by atoms with E-state index in [0.29, 0.717) is 34.1 Å². The van der Waals surface area contributed by atoms with Gasteiger partial charge in [-0.25, -0.2) is 10.0 Å². The summed E-state index contributed by atoms with van der Waals surface area (Å²) in [4.78, 5) is 27.8. The van der Waals surface area contributed by atoms with Gasteiger partial charge in [0.1, 0.15) is 11.5 Å².